The van der Waals surface area contributed by atoms with Gasteiger partial charge in [-0.05, 0) is 30.0 Å². The highest BCUT2D eigenvalue weighted by Crippen LogP contribution is 2.23. The minimum absolute atomic E-state index is 0.199. The molecule has 27 heavy (non-hydrogen) atoms. The van der Waals surface area contributed by atoms with Gasteiger partial charge in [0.25, 0.3) is 0 Å². The Morgan fingerprint density at radius 1 is 1.00 bits per heavy atom. The van der Waals surface area contributed by atoms with E-state index in [1.807, 2.05) is 32.0 Å². The molecule has 0 radical (unpaired) electrons. The largest absolute Gasteiger partial charge is 0.324 e. The van der Waals surface area contributed by atoms with Crippen molar-refractivity contribution in [1.82, 2.24) is 4.31 Å². The molecule has 7 heteroatoms. The number of nitrogens with one attached hydrogen (secondary N) is 1. The van der Waals surface area contributed by atoms with Crippen LogP contribution in [0.4, 0.5) is 10.1 Å². The summed E-state index contributed by atoms with van der Waals surface area (Å²) in [6, 6.07) is 11.7. The Bertz CT molecular complexity index is 891. The van der Waals surface area contributed by atoms with Gasteiger partial charge in [0.2, 0.25) is 15.9 Å². The van der Waals surface area contributed by atoms with Gasteiger partial charge in [-0.2, -0.15) is 4.31 Å². The van der Waals surface area contributed by atoms with Gasteiger partial charge in [-0.3, -0.25) is 4.79 Å². The van der Waals surface area contributed by atoms with Crippen LogP contribution in [0.2, 0.25) is 0 Å². The topological polar surface area (TPSA) is 66.5 Å². The van der Waals surface area contributed by atoms with Crippen molar-refractivity contribution in [3.05, 3.63) is 65.0 Å². The number of rotatable bonds is 8. The fourth-order valence-electron chi connectivity index (χ4n) is 2.85. The SMILES string of the molecule is CCc1cccc(CC)c1NC(=O)CN(Cc1ccccc1F)S(C)(=O)=O. The molecule has 2 aromatic carbocycles. The number of amides is 1. The van der Waals surface area contributed by atoms with Gasteiger partial charge in [0, 0.05) is 17.8 Å². The van der Waals surface area contributed by atoms with E-state index in [9.17, 15) is 17.6 Å². The molecule has 0 bridgehead atoms. The summed E-state index contributed by atoms with van der Waals surface area (Å²) >= 11 is 0. The quantitative estimate of drug-likeness (QED) is 0.749. The average Bonchev–Trinajstić information content (AvgIpc) is 2.62. The van der Waals surface area contributed by atoms with E-state index in [0.717, 1.165) is 40.2 Å². The lowest BCUT2D eigenvalue weighted by Gasteiger charge is -2.21. The van der Waals surface area contributed by atoms with Crippen molar-refractivity contribution in [2.24, 2.45) is 0 Å². The predicted octanol–water partition coefficient (Wildman–Crippen LogP) is 3.35. The summed E-state index contributed by atoms with van der Waals surface area (Å²) in [6.07, 6.45) is 2.50. The number of benzene rings is 2. The maximum Gasteiger partial charge on any atom is 0.239 e. The van der Waals surface area contributed by atoms with E-state index in [1.54, 1.807) is 6.07 Å². The number of carbonyl (C=O) groups is 1. The minimum atomic E-state index is -3.69. The second-order valence-corrected chi connectivity index (χ2v) is 8.31. The van der Waals surface area contributed by atoms with Crippen molar-refractivity contribution in [3.63, 3.8) is 0 Å². The first kappa shape index (κ1) is 21.1. The van der Waals surface area contributed by atoms with Crippen LogP contribution >= 0.6 is 0 Å². The molecule has 0 aliphatic heterocycles. The number of anilines is 1. The van der Waals surface area contributed by atoms with Gasteiger partial charge in [-0.25, -0.2) is 12.8 Å². The third-order valence-corrected chi connectivity index (χ3v) is 5.55. The molecule has 0 heterocycles. The van der Waals surface area contributed by atoms with E-state index in [1.165, 1.54) is 18.2 Å². The van der Waals surface area contributed by atoms with E-state index in [4.69, 9.17) is 0 Å². The van der Waals surface area contributed by atoms with Crippen LogP contribution in [0.5, 0.6) is 0 Å². The molecule has 0 aromatic heterocycles. The van der Waals surface area contributed by atoms with Gasteiger partial charge in [0.1, 0.15) is 5.82 Å². The maximum absolute atomic E-state index is 13.9. The average molecular weight is 392 g/mol. The number of halogens is 1. The molecule has 0 saturated heterocycles. The summed E-state index contributed by atoms with van der Waals surface area (Å²) in [6.45, 7) is 3.40. The van der Waals surface area contributed by atoms with E-state index in [0.29, 0.717) is 0 Å². The summed E-state index contributed by atoms with van der Waals surface area (Å²) in [4.78, 5) is 12.6. The molecular formula is C20H25FN2O3S. The second kappa shape index (κ2) is 9.10. The number of hydrogen-bond acceptors (Lipinski definition) is 3. The second-order valence-electron chi connectivity index (χ2n) is 6.33. The molecule has 2 rings (SSSR count). The van der Waals surface area contributed by atoms with Crippen molar-refractivity contribution in [2.75, 3.05) is 18.1 Å². The monoisotopic (exact) mass is 392 g/mol. The Morgan fingerprint density at radius 3 is 2.07 bits per heavy atom. The van der Waals surface area contributed by atoms with Gasteiger partial charge in [-0.1, -0.05) is 50.2 Å². The van der Waals surface area contributed by atoms with E-state index in [2.05, 4.69) is 5.32 Å². The van der Waals surface area contributed by atoms with Crippen LogP contribution in [0.25, 0.3) is 0 Å². The van der Waals surface area contributed by atoms with Crippen LogP contribution in [-0.4, -0.2) is 31.4 Å². The Balaban J connectivity index is 2.22. The van der Waals surface area contributed by atoms with Crippen LogP contribution in [0.1, 0.15) is 30.5 Å². The summed E-state index contributed by atoms with van der Waals surface area (Å²) < 4.78 is 39.1. The van der Waals surface area contributed by atoms with E-state index < -0.39 is 21.7 Å². The molecule has 0 aliphatic carbocycles. The lowest BCUT2D eigenvalue weighted by Crippen LogP contribution is -2.37. The van der Waals surface area contributed by atoms with Crippen LogP contribution < -0.4 is 5.32 Å². The molecule has 2 aromatic rings. The van der Waals surface area contributed by atoms with Gasteiger partial charge in [0.05, 0.1) is 12.8 Å². The van der Waals surface area contributed by atoms with Crippen molar-refractivity contribution in [1.29, 1.82) is 0 Å². The van der Waals surface area contributed by atoms with Gasteiger partial charge in [-0.15, -0.1) is 0 Å². The highest BCUT2D eigenvalue weighted by molar-refractivity contribution is 7.88. The molecule has 1 N–H and O–H groups in total. The molecule has 0 aliphatic rings. The molecule has 0 atom stereocenters. The number of nitrogens with zero attached hydrogens (tertiary/aromatic N) is 1. The first-order chi connectivity index (χ1) is 12.8. The Kier molecular flexibility index (Phi) is 7.10. The zero-order valence-corrected chi connectivity index (χ0v) is 16.6. The number of hydrogen-bond donors (Lipinski definition) is 1. The van der Waals surface area contributed by atoms with Crippen LogP contribution in [0.15, 0.2) is 42.5 Å². The normalized spacial score (nSPS) is 11.6. The van der Waals surface area contributed by atoms with Gasteiger partial charge in [0.15, 0.2) is 0 Å². The third kappa shape index (κ3) is 5.61. The van der Waals surface area contributed by atoms with Gasteiger partial charge < -0.3 is 5.32 Å². The zero-order chi connectivity index (χ0) is 20.0. The number of aryl methyl sites for hydroxylation is 2. The Hall–Kier alpha value is -2.25. The highest BCUT2D eigenvalue weighted by Gasteiger charge is 2.22. The van der Waals surface area contributed by atoms with Crippen LogP contribution in [0.3, 0.4) is 0 Å². The molecule has 0 saturated carbocycles. The van der Waals surface area contributed by atoms with Crippen LogP contribution in [0, 0.1) is 5.82 Å². The fraction of sp³-hybridized carbons (Fsp3) is 0.350. The molecular weight excluding hydrogens is 367 g/mol. The summed E-state index contributed by atoms with van der Waals surface area (Å²) in [5, 5.41) is 2.85. The minimum Gasteiger partial charge on any atom is -0.324 e. The number of carbonyl (C=O) groups excluding carboxylic acids is 1. The summed E-state index contributed by atoms with van der Waals surface area (Å²) in [5.41, 5.74) is 2.93. The first-order valence-corrected chi connectivity index (χ1v) is 10.7. The standard InChI is InChI=1S/C20H25FN2O3S/c1-4-15-10-8-11-16(5-2)20(15)22-19(24)14-23(27(3,25)26)13-17-9-6-7-12-18(17)21/h6-12H,4-5,13-14H2,1-3H3,(H,22,24). The van der Waals surface area contributed by atoms with Crippen molar-refractivity contribution in [3.8, 4) is 0 Å². The molecule has 146 valence electrons. The maximum atomic E-state index is 13.9. The summed E-state index contributed by atoms with van der Waals surface area (Å²) in [7, 11) is -3.69. The highest BCUT2D eigenvalue weighted by atomic mass is 32.2. The first-order valence-electron chi connectivity index (χ1n) is 8.85. The lowest BCUT2D eigenvalue weighted by molar-refractivity contribution is -0.116. The lowest BCUT2D eigenvalue weighted by atomic mass is 10.0. The van der Waals surface area contributed by atoms with Crippen molar-refractivity contribution >= 4 is 21.6 Å². The van der Waals surface area contributed by atoms with E-state index >= 15 is 0 Å². The molecule has 0 fully saturated rings. The van der Waals surface area contributed by atoms with Crippen molar-refractivity contribution in [2.45, 2.75) is 33.2 Å². The number of para-hydroxylation sites is 1. The molecule has 0 spiro atoms. The molecule has 5 nitrogen and oxygen atoms in total. The fourth-order valence-corrected chi connectivity index (χ4v) is 3.57. The smallest absolute Gasteiger partial charge is 0.239 e. The predicted molar refractivity (Wildman–Crippen MR) is 105 cm³/mol. The number of sulfonamides is 1. The summed E-state index contributed by atoms with van der Waals surface area (Å²) in [5.74, 6) is -0.955. The van der Waals surface area contributed by atoms with Crippen LogP contribution in [-0.2, 0) is 34.2 Å². The third-order valence-electron chi connectivity index (χ3n) is 4.36. The Labute approximate surface area is 160 Å². The Morgan fingerprint density at radius 2 is 1.56 bits per heavy atom. The molecule has 0 unspecified atom stereocenters. The van der Waals surface area contributed by atoms with Gasteiger partial charge >= 0.3 is 0 Å². The van der Waals surface area contributed by atoms with E-state index in [-0.39, 0.29) is 18.7 Å². The van der Waals surface area contributed by atoms with Crippen molar-refractivity contribution < 1.29 is 17.6 Å². The zero-order valence-electron chi connectivity index (χ0n) is 15.8. The molecule has 1 amide bonds.